The molecule has 0 bridgehead atoms. The van der Waals surface area contributed by atoms with Gasteiger partial charge in [0.2, 0.25) is 0 Å². The second-order valence-corrected chi connectivity index (χ2v) is 5.32. The molecular weight excluding hydrogens is 257 g/mol. The Morgan fingerprint density at radius 2 is 2.06 bits per heavy atom. The number of hydrogen-bond donors (Lipinski definition) is 0. The van der Waals surface area contributed by atoms with Crippen LogP contribution in [0.2, 0.25) is 5.02 Å². The Balaban J connectivity index is 1.98. The topological polar surface area (TPSA) is 12.5 Å². The molecular formula is C13H17Cl2NO. The van der Waals surface area contributed by atoms with E-state index >= 15 is 0 Å². The van der Waals surface area contributed by atoms with Gasteiger partial charge in [-0.2, -0.15) is 0 Å². The first-order valence-electron chi connectivity index (χ1n) is 5.87. The van der Waals surface area contributed by atoms with Crippen molar-refractivity contribution in [1.82, 2.24) is 4.90 Å². The molecule has 1 aliphatic rings. The molecule has 0 aliphatic carbocycles. The van der Waals surface area contributed by atoms with E-state index in [2.05, 4.69) is 11.0 Å². The Kier molecular flexibility index (Phi) is 4.69. The number of morpholine rings is 1. The van der Waals surface area contributed by atoms with Gasteiger partial charge in [-0.1, -0.05) is 23.7 Å². The van der Waals surface area contributed by atoms with Gasteiger partial charge in [0.25, 0.3) is 0 Å². The van der Waals surface area contributed by atoms with Gasteiger partial charge in [0, 0.05) is 24.7 Å². The fraction of sp³-hybridized carbons (Fsp3) is 0.538. The number of benzene rings is 1. The van der Waals surface area contributed by atoms with Gasteiger partial charge in [-0.05, 0) is 24.1 Å². The summed E-state index contributed by atoms with van der Waals surface area (Å²) in [5, 5.41) is 0.813. The summed E-state index contributed by atoms with van der Waals surface area (Å²) in [6, 6.07) is 5.99. The van der Waals surface area contributed by atoms with E-state index in [9.17, 15) is 0 Å². The molecule has 2 nitrogen and oxygen atoms in total. The van der Waals surface area contributed by atoms with E-state index < -0.39 is 0 Å². The molecule has 0 amide bonds. The van der Waals surface area contributed by atoms with Crippen molar-refractivity contribution in [2.24, 2.45) is 0 Å². The molecule has 1 aromatic carbocycles. The highest BCUT2D eigenvalue weighted by Crippen LogP contribution is 2.26. The van der Waals surface area contributed by atoms with Crippen LogP contribution < -0.4 is 0 Å². The van der Waals surface area contributed by atoms with E-state index in [-0.39, 0.29) is 5.38 Å². The summed E-state index contributed by atoms with van der Waals surface area (Å²) < 4.78 is 5.32. The van der Waals surface area contributed by atoms with E-state index in [0.29, 0.717) is 0 Å². The molecule has 1 atom stereocenters. The highest BCUT2D eigenvalue weighted by atomic mass is 35.5. The molecule has 0 aromatic heterocycles. The van der Waals surface area contributed by atoms with Gasteiger partial charge in [0.1, 0.15) is 0 Å². The van der Waals surface area contributed by atoms with Crippen LogP contribution >= 0.6 is 23.2 Å². The number of aryl methyl sites for hydroxylation is 1. The molecule has 0 radical (unpaired) electrons. The zero-order valence-corrected chi connectivity index (χ0v) is 11.5. The van der Waals surface area contributed by atoms with Crippen LogP contribution in [0.1, 0.15) is 16.5 Å². The molecule has 94 valence electrons. The molecule has 0 saturated carbocycles. The minimum atomic E-state index is 0.0177. The van der Waals surface area contributed by atoms with Gasteiger partial charge < -0.3 is 4.74 Å². The van der Waals surface area contributed by atoms with Gasteiger partial charge >= 0.3 is 0 Å². The molecule has 1 saturated heterocycles. The number of rotatable bonds is 3. The second-order valence-electron chi connectivity index (χ2n) is 4.39. The van der Waals surface area contributed by atoms with Crippen LogP contribution in [0.4, 0.5) is 0 Å². The second kappa shape index (κ2) is 6.05. The first-order chi connectivity index (χ1) is 8.16. The Bertz CT molecular complexity index is 378. The van der Waals surface area contributed by atoms with Gasteiger partial charge in [0.05, 0.1) is 18.6 Å². The maximum Gasteiger partial charge on any atom is 0.0712 e. The van der Waals surface area contributed by atoms with E-state index in [4.69, 9.17) is 27.9 Å². The summed E-state index contributed by atoms with van der Waals surface area (Å²) in [6.45, 7) is 6.42. The number of hydrogen-bond acceptors (Lipinski definition) is 2. The van der Waals surface area contributed by atoms with Gasteiger partial charge in [0.15, 0.2) is 0 Å². The molecule has 1 aromatic rings. The molecule has 17 heavy (non-hydrogen) atoms. The monoisotopic (exact) mass is 273 g/mol. The molecule has 4 heteroatoms. The van der Waals surface area contributed by atoms with Gasteiger partial charge in [-0.3, -0.25) is 4.90 Å². The number of alkyl halides is 1. The van der Waals surface area contributed by atoms with Crippen LogP contribution in [0.15, 0.2) is 18.2 Å². The van der Waals surface area contributed by atoms with Crippen molar-refractivity contribution in [1.29, 1.82) is 0 Å². The quantitative estimate of drug-likeness (QED) is 0.784. The number of nitrogens with zero attached hydrogens (tertiary/aromatic N) is 1. The van der Waals surface area contributed by atoms with Crippen molar-refractivity contribution in [2.75, 3.05) is 32.8 Å². The van der Waals surface area contributed by atoms with Gasteiger partial charge in [-0.15, -0.1) is 11.6 Å². The molecule has 1 fully saturated rings. The highest BCUT2D eigenvalue weighted by molar-refractivity contribution is 6.31. The van der Waals surface area contributed by atoms with Crippen LogP contribution in [0.5, 0.6) is 0 Å². The Morgan fingerprint density at radius 1 is 1.35 bits per heavy atom. The third-order valence-electron chi connectivity index (χ3n) is 3.07. The smallest absolute Gasteiger partial charge is 0.0712 e. The van der Waals surface area contributed by atoms with Crippen LogP contribution in [0.3, 0.4) is 0 Å². The predicted octanol–water partition coefficient (Wildman–Crippen LogP) is 3.26. The van der Waals surface area contributed by atoms with Gasteiger partial charge in [-0.25, -0.2) is 0 Å². The highest BCUT2D eigenvalue weighted by Gasteiger charge is 2.16. The predicted molar refractivity (Wildman–Crippen MR) is 72.0 cm³/mol. The average molecular weight is 274 g/mol. The zero-order valence-electron chi connectivity index (χ0n) is 9.96. The third kappa shape index (κ3) is 3.59. The maximum atomic E-state index is 6.44. The first kappa shape index (κ1) is 13.2. The van der Waals surface area contributed by atoms with Crippen molar-refractivity contribution in [3.05, 3.63) is 34.3 Å². The number of halogens is 2. The molecule has 1 aliphatic heterocycles. The third-order valence-corrected chi connectivity index (χ3v) is 3.88. The minimum Gasteiger partial charge on any atom is -0.379 e. The average Bonchev–Trinajstić information content (AvgIpc) is 2.34. The van der Waals surface area contributed by atoms with Crippen molar-refractivity contribution >= 4 is 23.2 Å². The molecule has 0 spiro atoms. The van der Waals surface area contributed by atoms with E-state index in [1.165, 1.54) is 0 Å². The Labute approximate surface area is 112 Å². The lowest BCUT2D eigenvalue weighted by molar-refractivity contribution is 0.0378. The maximum absolute atomic E-state index is 6.44. The van der Waals surface area contributed by atoms with Crippen molar-refractivity contribution < 1.29 is 4.74 Å². The lowest BCUT2D eigenvalue weighted by atomic mass is 10.1. The first-order valence-corrected chi connectivity index (χ1v) is 6.68. The SMILES string of the molecule is Cc1cc(C(Cl)CN2CCOCC2)ccc1Cl. The normalized spacial score (nSPS) is 19.2. The van der Waals surface area contributed by atoms with E-state index in [1.807, 2.05) is 19.1 Å². The largest absolute Gasteiger partial charge is 0.379 e. The van der Waals surface area contributed by atoms with Crippen LogP contribution in [0.25, 0.3) is 0 Å². The van der Waals surface area contributed by atoms with E-state index in [0.717, 1.165) is 49.0 Å². The Hall–Kier alpha value is -0.280. The molecule has 1 unspecified atom stereocenters. The lowest BCUT2D eigenvalue weighted by Gasteiger charge is -2.28. The standard InChI is InChI=1S/C13H17Cl2NO/c1-10-8-11(2-3-12(10)14)13(15)9-16-4-6-17-7-5-16/h2-3,8,13H,4-7,9H2,1H3. The summed E-state index contributed by atoms with van der Waals surface area (Å²) in [6.07, 6.45) is 0. The van der Waals surface area contributed by atoms with Crippen molar-refractivity contribution in [3.8, 4) is 0 Å². The fourth-order valence-corrected chi connectivity index (χ4v) is 2.43. The zero-order chi connectivity index (χ0) is 12.3. The minimum absolute atomic E-state index is 0.0177. The summed E-state index contributed by atoms with van der Waals surface area (Å²) in [5.41, 5.74) is 2.22. The van der Waals surface area contributed by atoms with Crippen LogP contribution in [0, 0.1) is 6.92 Å². The Morgan fingerprint density at radius 3 is 2.71 bits per heavy atom. The number of ether oxygens (including phenoxy) is 1. The van der Waals surface area contributed by atoms with Crippen molar-refractivity contribution in [2.45, 2.75) is 12.3 Å². The van der Waals surface area contributed by atoms with Crippen molar-refractivity contribution in [3.63, 3.8) is 0 Å². The summed E-state index contributed by atoms with van der Waals surface area (Å²) >= 11 is 12.4. The summed E-state index contributed by atoms with van der Waals surface area (Å²) in [4.78, 5) is 2.34. The molecule has 1 heterocycles. The van der Waals surface area contributed by atoms with Crippen LogP contribution in [-0.4, -0.2) is 37.7 Å². The molecule has 2 rings (SSSR count). The lowest BCUT2D eigenvalue weighted by Crippen LogP contribution is -2.38. The fourth-order valence-electron chi connectivity index (χ4n) is 1.98. The van der Waals surface area contributed by atoms with E-state index in [1.54, 1.807) is 0 Å². The van der Waals surface area contributed by atoms with Crippen LogP contribution in [-0.2, 0) is 4.74 Å². The summed E-state index contributed by atoms with van der Waals surface area (Å²) in [5.74, 6) is 0. The molecule has 0 N–H and O–H groups in total. The summed E-state index contributed by atoms with van der Waals surface area (Å²) in [7, 11) is 0.